The highest BCUT2D eigenvalue weighted by Crippen LogP contribution is 2.33. The number of para-hydroxylation sites is 1. The number of nitrogens with zero attached hydrogens (tertiary/aromatic N) is 3. The summed E-state index contributed by atoms with van der Waals surface area (Å²) >= 11 is 0. The first-order valence-corrected chi connectivity index (χ1v) is 8.79. The van der Waals surface area contributed by atoms with Gasteiger partial charge in [0.15, 0.2) is 0 Å². The van der Waals surface area contributed by atoms with E-state index in [-0.39, 0.29) is 5.91 Å². The zero-order valence-corrected chi connectivity index (χ0v) is 15.3. The number of anilines is 3. The predicted octanol–water partition coefficient (Wildman–Crippen LogP) is 3.74. The molecule has 27 heavy (non-hydrogen) atoms. The normalized spacial score (nSPS) is 12.6. The molecule has 0 bridgehead atoms. The Morgan fingerprint density at radius 1 is 1.15 bits per heavy atom. The second-order valence-corrected chi connectivity index (χ2v) is 6.45. The molecule has 1 aliphatic rings. The van der Waals surface area contributed by atoms with Crippen molar-refractivity contribution in [1.29, 1.82) is 0 Å². The lowest BCUT2D eigenvalue weighted by Crippen LogP contribution is -2.18. The number of fused-ring (bicyclic) bond motifs is 1. The van der Waals surface area contributed by atoms with Crippen molar-refractivity contribution in [2.75, 3.05) is 23.9 Å². The Morgan fingerprint density at radius 2 is 2.00 bits per heavy atom. The molecular formula is C21H20N4O2. The number of methoxy groups -OCH3 is 1. The number of benzene rings is 2. The molecule has 6 nitrogen and oxygen atoms in total. The lowest BCUT2D eigenvalue weighted by molar-refractivity contribution is 0.102. The first-order chi connectivity index (χ1) is 13.2. The number of ether oxygens (including phenoxy) is 1. The molecule has 0 unspecified atom stereocenters. The van der Waals surface area contributed by atoms with E-state index in [1.807, 2.05) is 37.3 Å². The van der Waals surface area contributed by atoms with Crippen molar-refractivity contribution in [2.45, 2.75) is 13.3 Å². The molecule has 0 spiro atoms. The van der Waals surface area contributed by atoms with Crippen LogP contribution in [0, 0.1) is 6.92 Å². The van der Waals surface area contributed by atoms with Crippen LogP contribution in [0.25, 0.3) is 0 Å². The largest absolute Gasteiger partial charge is 0.495 e. The van der Waals surface area contributed by atoms with Gasteiger partial charge in [0.05, 0.1) is 12.8 Å². The van der Waals surface area contributed by atoms with E-state index in [0.29, 0.717) is 17.1 Å². The molecule has 1 aromatic heterocycles. The summed E-state index contributed by atoms with van der Waals surface area (Å²) in [6.07, 6.45) is 2.39. The first kappa shape index (κ1) is 17.0. The summed E-state index contributed by atoms with van der Waals surface area (Å²) in [4.78, 5) is 23.4. The van der Waals surface area contributed by atoms with Gasteiger partial charge in [0.1, 0.15) is 23.6 Å². The van der Waals surface area contributed by atoms with Gasteiger partial charge in [0, 0.05) is 18.3 Å². The second kappa shape index (κ2) is 7.07. The zero-order chi connectivity index (χ0) is 18.8. The fourth-order valence-corrected chi connectivity index (χ4v) is 3.30. The van der Waals surface area contributed by atoms with Gasteiger partial charge in [-0.15, -0.1) is 0 Å². The predicted molar refractivity (Wildman–Crippen MR) is 105 cm³/mol. The Hall–Kier alpha value is -3.41. The second-order valence-electron chi connectivity index (χ2n) is 6.45. The number of carbonyl (C=O) groups excluding carboxylic acids is 1. The number of aryl methyl sites for hydroxylation is 1. The molecule has 0 atom stereocenters. The minimum absolute atomic E-state index is 0.296. The molecule has 2 heterocycles. The van der Waals surface area contributed by atoms with Gasteiger partial charge < -0.3 is 15.0 Å². The van der Waals surface area contributed by atoms with Crippen LogP contribution in [-0.4, -0.2) is 29.5 Å². The van der Waals surface area contributed by atoms with Crippen molar-refractivity contribution < 1.29 is 9.53 Å². The maximum absolute atomic E-state index is 12.7. The summed E-state index contributed by atoms with van der Waals surface area (Å²) < 4.78 is 5.33. The summed E-state index contributed by atoms with van der Waals surface area (Å²) in [5.41, 5.74) is 4.37. The molecule has 1 amide bonds. The molecule has 6 heteroatoms. The van der Waals surface area contributed by atoms with Gasteiger partial charge in [-0.25, -0.2) is 9.97 Å². The molecule has 0 radical (unpaired) electrons. The number of hydrogen-bond acceptors (Lipinski definition) is 5. The molecule has 4 rings (SSSR count). The van der Waals surface area contributed by atoms with Gasteiger partial charge >= 0.3 is 0 Å². The van der Waals surface area contributed by atoms with Crippen molar-refractivity contribution in [2.24, 2.45) is 0 Å². The smallest absolute Gasteiger partial charge is 0.274 e. The van der Waals surface area contributed by atoms with E-state index < -0.39 is 0 Å². The summed E-state index contributed by atoms with van der Waals surface area (Å²) in [5, 5.41) is 2.88. The number of nitrogens with one attached hydrogen (secondary N) is 1. The van der Waals surface area contributed by atoms with Crippen LogP contribution in [0.5, 0.6) is 5.75 Å². The van der Waals surface area contributed by atoms with Gasteiger partial charge in [-0.3, -0.25) is 4.79 Å². The molecule has 1 N–H and O–H groups in total. The third kappa shape index (κ3) is 3.33. The highest BCUT2D eigenvalue weighted by Gasteiger charge is 2.22. The van der Waals surface area contributed by atoms with E-state index in [2.05, 4.69) is 32.3 Å². The van der Waals surface area contributed by atoms with Crippen molar-refractivity contribution in [3.8, 4) is 5.75 Å². The number of carbonyl (C=O) groups is 1. The quantitative estimate of drug-likeness (QED) is 0.768. The average Bonchev–Trinajstić information content (AvgIpc) is 3.12. The van der Waals surface area contributed by atoms with Crippen molar-refractivity contribution in [1.82, 2.24) is 9.97 Å². The van der Waals surface area contributed by atoms with E-state index >= 15 is 0 Å². The van der Waals surface area contributed by atoms with E-state index in [0.717, 1.165) is 30.0 Å². The van der Waals surface area contributed by atoms with Crippen LogP contribution in [0.4, 0.5) is 17.2 Å². The van der Waals surface area contributed by atoms with Crippen molar-refractivity contribution in [3.63, 3.8) is 0 Å². The average molecular weight is 360 g/mol. The highest BCUT2D eigenvalue weighted by molar-refractivity contribution is 6.04. The topological polar surface area (TPSA) is 67.3 Å². The summed E-state index contributed by atoms with van der Waals surface area (Å²) in [5.74, 6) is 1.03. The molecule has 0 fully saturated rings. The molecular weight excluding hydrogens is 340 g/mol. The maximum atomic E-state index is 12.7. The molecule has 0 aliphatic carbocycles. The first-order valence-electron chi connectivity index (χ1n) is 8.79. The van der Waals surface area contributed by atoms with E-state index in [4.69, 9.17) is 4.74 Å². The summed E-state index contributed by atoms with van der Waals surface area (Å²) in [7, 11) is 1.58. The van der Waals surface area contributed by atoms with Crippen LogP contribution in [0.1, 0.15) is 21.6 Å². The minimum atomic E-state index is -0.296. The lowest BCUT2D eigenvalue weighted by atomic mass is 10.2. The van der Waals surface area contributed by atoms with E-state index in [9.17, 15) is 4.79 Å². The Kier molecular flexibility index (Phi) is 4.46. The molecule has 1 aliphatic heterocycles. The van der Waals surface area contributed by atoms with Gasteiger partial charge in [0.25, 0.3) is 5.91 Å². The third-order valence-corrected chi connectivity index (χ3v) is 4.65. The number of rotatable bonds is 4. The van der Waals surface area contributed by atoms with Gasteiger partial charge in [-0.2, -0.15) is 0 Å². The van der Waals surface area contributed by atoms with Crippen LogP contribution in [0.2, 0.25) is 0 Å². The number of hydrogen-bond donors (Lipinski definition) is 1. The fourth-order valence-electron chi connectivity index (χ4n) is 3.30. The molecule has 0 saturated heterocycles. The van der Waals surface area contributed by atoms with Crippen LogP contribution in [0.15, 0.2) is 54.9 Å². The fraction of sp³-hybridized carbons (Fsp3) is 0.190. The highest BCUT2D eigenvalue weighted by atomic mass is 16.5. The molecule has 3 aromatic rings. The number of aromatic nitrogens is 2. The van der Waals surface area contributed by atoms with Crippen molar-refractivity contribution in [3.05, 3.63) is 71.7 Å². The van der Waals surface area contributed by atoms with Crippen LogP contribution < -0.4 is 15.0 Å². The van der Waals surface area contributed by atoms with E-state index in [1.165, 1.54) is 11.9 Å². The minimum Gasteiger partial charge on any atom is -0.495 e. The monoisotopic (exact) mass is 360 g/mol. The SMILES string of the molecule is COc1ccc(C)cc1NC(=O)c1cc(N2CCc3ccccc32)ncn1. The molecule has 0 saturated carbocycles. The Labute approximate surface area is 157 Å². The number of amides is 1. The van der Waals surface area contributed by atoms with Crippen molar-refractivity contribution >= 4 is 23.1 Å². The van der Waals surface area contributed by atoms with Crippen LogP contribution >= 0.6 is 0 Å². The molecule has 2 aromatic carbocycles. The summed E-state index contributed by atoms with van der Waals surface area (Å²) in [6, 6.07) is 15.6. The Balaban J connectivity index is 1.60. The van der Waals surface area contributed by atoms with Gasteiger partial charge in [0.2, 0.25) is 0 Å². The van der Waals surface area contributed by atoms with E-state index in [1.54, 1.807) is 13.2 Å². The zero-order valence-electron chi connectivity index (χ0n) is 15.3. The Morgan fingerprint density at radius 3 is 2.85 bits per heavy atom. The lowest BCUT2D eigenvalue weighted by Gasteiger charge is -2.18. The van der Waals surface area contributed by atoms with Gasteiger partial charge in [-0.1, -0.05) is 24.3 Å². The third-order valence-electron chi connectivity index (χ3n) is 4.65. The summed E-state index contributed by atoms with van der Waals surface area (Å²) in [6.45, 7) is 2.80. The Bertz CT molecular complexity index is 1000. The van der Waals surface area contributed by atoms with Crippen LogP contribution in [-0.2, 0) is 6.42 Å². The van der Waals surface area contributed by atoms with Crippen LogP contribution in [0.3, 0.4) is 0 Å². The molecule has 136 valence electrons. The standard InChI is InChI=1S/C21H20N4O2/c1-14-7-8-19(27-2)16(11-14)24-21(26)17-12-20(23-13-22-17)25-10-9-15-5-3-4-6-18(15)25/h3-8,11-13H,9-10H2,1-2H3,(H,24,26). The maximum Gasteiger partial charge on any atom is 0.274 e. The van der Waals surface area contributed by atoms with Gasteiger partial charge in [-0.05, 0) is 42.7 Å².